The van der Waals surface area contributed by atoms with E-state index in [2.05, 4.69) is 30.2 Å². The van der Waals surface area contributed by atoms with E-state index in [1.54, 1.807) is 13.2 Å². The number of anilines is 1. The molecule has 0 unspecified atom stereocenters. The van der Waals surface area contributed by atoms with E-state index in [9.17, 15) is 4.79 Å². The Morgan fingerprint density at radius 2 is 2.06 bits per heavy atom. The van der Waals surface area contributed by atoms with Crippen molar-refractivity contribution in [3.05, 3.63) is 24.7 Å². The van der Waals surface area contributed by atoms with Crippen molar-refractivity contribution in [1.82, 2.24) is 24.8 Å². The van der Waals surface area contributed by atoms with Crippen LogP contribution in [-0.2, 0) is 9.53 Å². The van der Waals surface area contributed by atoms with Gasteiger partial charge in [-0.25, -0.2) is 15.0 Å². The van der Waals surface area contributed by atoms with Gasteiger partial charge in [0.05, 0.1) is 25.7 Å². The number of nitrogens with zero attached hydrogens (tertiary/aromatic N) is 4. The van der Waals surface area contributed by atoms with E-state index in [-0.39, 0.29) is 24.0 Å². The molecule has 2 N–H and O–H groups in total. The average molecular weight is 453 g/mol. The van der Waals surface area contributed by atoms with Crippen LogP contribution in [0.2, 0.25) is 0 Å². The number of ether oxygens (including phenoxy) is 3. The Balaban J connectivity index is 1.32. The number of rotatable bonds is 10. The number of methoxy groups -OCH3 is 1. The molecule has 1 amide bonds. The summed E-state index contributed by atoms with van der Waals surface area (Å²) < 4.78 is 17.2. The van der Waals surface area contributed by atoms with E-state index >= 15 is 0 Å². The van der Waals surface area contributed by atoms with Crippen molar-refractivity contribution >= 4 is 22.8 Å². The van der Waals surface area contributed by atoms with Gasteiger partial charge in [-0.3, -0.25) is 4.79 Å². The molecule has 0 aliphatic heterocycles. The van der Waals surface area contributed by atoms with E-state index < -0.39 is 0 Å². The molecule has 2 saturated carbocycles. The Bertz CT molecular complexity index is 1160. The largest absolute Gasteiger partial charge is 0.480 e. The van der Waals surface area contributed by atoms with Gasteiger partial charge in [0, 0.05) is 23.7 Å². The Hall–Kier alpha value is -3.24. The van der Waals surface area contributed by atoms with Crippen LogP contribution >= 0.6 is 0 Å². The zero-order chi connectivity index (χ0) is 22.9. The summed E-state index contributed by atoms with van der Waals surface area (Å²) in [7, 11) is 5.56. The molecule has 3 heterocycles. The third kappa shape index (κ3) is 4.76. The molecule has 3 aromatic rings. The van der Waals surface area contributed by atoms with Gasteiger partial charge in [0.2, 0.25) is 17.7 Å². The molecule has 0 saturated heterocycles. The number of carbonyl (C=O) groups is 1. The monoisotopic (exact) mass is 452 g/mol. The molecule has 33 heavy (non-hydrogen) atoms. The van der Waals surface area contributed by atoms with Crippen molar-refractivity contribution in [3.63, 3.8) is 0 Å². The fraction of sp³-hybridized carbons (Fsp3) is 0.478. The molecule has 2 aliphatic carbocycles. The van der Waals surface area contributed by atoms with E-state index in [0.29, 0.717) is 35.4 Å². The van der Waals surface area contributed by atoms with Crippen molar-refractivity contribution < 1.29 is 19.0 Å². The third-order valence-electron chi connectivity index (χ3n) is 5.77. The number of fused-ring (bicyclic) bond motifs is 1. The number of likely N-dealkylation sites (N-methyl/N-ethyl adjacent to an activating group) is 1. The molecular formula is C23H28N6O4. The lowest BCUT2D eigenvalue weighted by atomic mass is 10.1. The first-order valence-electron chi connectivity index (χ1n) is 11.1. The van der Waals surface area contributed by atoms with Gasteiger partial charge in [0.25, 0.3) is 0 Å². The van der Waals surface area contributed by atoms with Gasteiger partial charge in [0.1, 0.15) is 29.5 Å². The molecule has 174 valence electrons. The maximum Gasteiger partial charge on any atom is 0.231 e. The number of aromatic amines is 1. The van der Waals surface area contributed by atoms with Crippen LogP contribution in [0.25, 0.3) is 22.2 Å². The minimum atomic E-state index is -0.128. The molecule has 2 atom stereocenters. The molecule has 5 rings (SSSR count). The van der Waals surface area contributed by atoms with Gasteiger partial charge in [-0.15, -0.1) is 0 Å². The second kappa shape index (κ2) is 8.95. The Morgan fingerprint density at radius 3 is 2.82 bits per heavy atom. The van der Waals surface area contributed by atoms with Crippen LogP contribution in [0.1, 0.15) is 19.3 Å². The van der Waals surface area contributed by atoms with Gasteiger partial charge in [-0.1, -0.05) is 0 Å². The van der Waals surface area contributed by atoms with Crippen LogP contribution in [0.4, 0.5) is 5.82 Å². The lowest BCUT2D eigenvalue weighted by molar-refractivity contribution is -0.118. The number of nitrogens with one attached hydrogen (secondary N) is 2. The molecule has 0 bridgehead atoms. The maximum atomic E-state index is 12.6. The highest BCUT2D eigenvalue weighted by Crippen LogP contribution is 2.41. The lowest BCUT2D eigenvalue weighted by Crippen LogP contribution is -2.21. The fourth-order valence-corrected chi connectivity index (χ4v) is 3.69. The molecule has 10 nitrogen and oxygen atoms in total. The molecule has 2 aliphatic rings. The highest BCUT2D eigenvalue weighted by atomic mass is 16.5. The van der Waals surface area contributed by atoms with Gasteiger partial charge in [-0.05, 0) is 45.5 Å². The summed E-state index contributed by atoms with van der Waals surface area (Å²) in [6.07, 6.45) is 6.23. The highest BCUT2D eigenvalue weighted by Gasteiger charge is 2.44. The number of hydrogen-bond donors (Lipinski definition) is 2. The van der Waals surface area contributed by atoms with E-state index in [4.69, 9.17) is 14.2 Å². The predicted molar refractivity (Wildman–Crippen MR) is 122 cm³/mol. The van der Waals surface area contributed by atoms with Crippen LogP contribution in [0.3, 0.4) is 0 Å². The summed E-state index contributed by atoms with van der Waals surface area (Å²) in [6.45, 7) is 1.46. The van der Waals surface area contributed by atoms with Gasteiger partial charge < -0.3 is 29.4 Å². The van der Waals surface area contributed by atoms with E-state index in [0.717, 1.165) is 36.8 Å². The standard InChI is InChI=1S/C23H28N6O4/c1-29(2)8-9-32-17-10-15(17)21(30)28-18-7-6-14-16(11-24-20(14)27-18)19-22(31-3)25-12-26-23(19)33-13-4-5-13/h6-7,11-13,15,17H,4-5,8-10H2,1-3H3,(H2,24,27,28,30)/t15-,17-/m1/s1. The smallest absolute Gasteiger partial charge is 0.231 e. The number of aromatic nitrogens is 4. The molecule has 0 spiro atoms. The summed E-state index contributed by atoms with van der Waals surface area (Å²) in [5, 5.41) is 3.77. The van der Waals surface area contributed by atoms with Crippen molar-refractivity contribution in [3.8, 4) is 22.9 Å². The first-order valence-corrected chi connectivity index (χ1v) is 11.1. The average Bonchev–Trinajstić information content (AvgIpc) is 3.72. The summed E-state index contributed by atoms with van der Waals surface area (Å²) in [4.78, 5) is 31.0. The minimum Gasteiger partial charge on any atom is -0.480 e. The second-order valence-corrected chi connectivity index (χ2v) is 8.72. The van der Waals surface area contributed by atoms with Crippen LogP contribution in [0, 0.1) is 5.92 Å². The molecule has 0 radical (unpaired) electrons. The van der Waals surface area contributed by atoms with Crippen molar-refractivity contribution in [2.45, 2.75) is 31.5 Å². The van der Waals surface area contributed by atoms with Crippen LogP contribution < -0.4 is 14.8 Å². The Morgan fingerprint density at radius 1 is 1.24 bits per heavy atom. The number of carbonyl (C=O) groups excluding carboxylic acids is 1. The van der Waals surface area contributed by atoms with Gasteiger partial charge in [-0.2, -0.15) is 0 Å². The molecule has 3 aromatic heterocycles. The number of hydrogen-bond acceptors (Lipinski definition) is 8. The predicted octanol–water partition coefficient (Wildman–Crippen LogP) is 2.47. The van der Waals surface area contributed by atoms with E-state index in [1.165, 1.54) is 6.33 Å². The van der Waals surface area contributed by atoms with Crippen LogP contribution in [0.15, 0.2) is 24.7 Å². The second-order valence-electron chi connectivity index (χ2n) is 8.72. The maximum absolute atomic E-state index is 12.6. The highest BCUT2D eigenvalue weighted by molar-refractivity contribution is 5.99. The third-order valence-corrected chi connectivity index (χ3v) is 5.77. The Kier molecular flexibility index (Phi) is 5.86. The van der Waals surface area contributed by atoms with Crippen LogP contribution in [-0.4, -0.2) is 77.3 Å². The van der Waals surface area contributed by atoms with Crippen molar-refractivity contribution in [1.29, 1.82) is 0 Å². The molecule has 0 aromatic carbocycles. The zero-order valence-corrected chi connectivity index (χ0v) is 19.0. The summed E-state index contributed by atoms with van der Waals surface area (Å²) in [5.74, 6) is 1.23. The number of amides is 1. The summed E-state index contributed by atoms with van der Waals surface area (Å²) in [6, 6.07) is 3.70. The van der Waals surface area contributed by atoms with Gasteiger partial charge >= 0.3 is 0 Å². The summed E-state index contributed by atoms with van der Waals surface area (Å²) >= 11 is 0. The first kappa shape index (κ1) is 21.6. The minimum absolute atomic E-state index is 0.0128. The quantitative estimate of drug-likeness (QED) is 0.482. The molecule has 10 heteroatoms. The number of pyridine rings is 1. The lowest BCUT2D eigenvalue weighted by Gasteiger charge is -2.12. The van der Waals surface area contributed by atoms with Crippen LogP contribution in [0.5, 0.6) is 11.8 Å². The van der Waals surface area contributed by atoms with E-state index in [1.807, 2.05) is 26.4 Å². The molecule has 2 fully saturated rings. The van der Waals surface area contributed by atoms with Crippen molar-refractivity contribution in [2.24, 2.45) is 5.92 Å². The zero-order valence-electron chi connectivity index (χ0n) is 19.0. The summed E-state index contributed by atoms with van der Waals surface area (Å²) in [5.41, 5.74) is 2.16. The fourth-order valence-electron chi connectivity index (χ4n) is 3.69. The Labute approximate surface area is 191 Å². The SMILES string of the molecule is COc1ncnc(OC2CC2)c1-c1c[nH]c2nc(NC(=O)[C@@H]3C[C@H]3OCCN(C)C)ccc12. The first-order chi connectivity index (χ1) is 16.0. The molecular weight excluding hydrogens is 424 g/mol. The van der Waals surface area contributed by atoms with Crippen molar-refractivity contribution in [2.75, 3.05) is 39.7 Å². The van der Waals surface area contributed by atoms with Gasteiger partial charge in [0.15, 0.2) is 0 Å². The normalized spacial score (nSPS) is 19.6. The number of H-pyrrole nitrogens is 1. The topological polar surface area (TPSA) is 114 Å².